The molecule has 0 aliphatic heterocycles. The first-order chi connectivity index (χ1) is 10.0. The first-order valence-corrected chi connectivity index (χ1v) is 9.68. The van der Waals surface area contributed by atoms with Gasteiger partial charge in [0.2, 0.25) is 0 Å². The SMILES string of the molecule is CCCCCCC(OC(CCCCCC)C(C)C)C(C)C. The number of unbranched alkanes of at least 4 members (excludes halogenated alkanes) is 6. The lowest BCUT2D eigenvalue weighted by atomic mass is 9.96. The van der Waals surface area contributed by atoms with Crippen molar-refractivity contribution in [2.45, 2.75) is 118 Å². The summed E-state index contributed by atoms with van der Waals surface area (Å²) in [5.74, 6) is 1.28. The summed E-state index contributed by atoms with van der Waals surface area (Å²) in [5.41, 5.74) is 0. The van der Waals surface area contributed by atoms with Crippen molar-refractivity contribution in [1.29, 1.82) is 0 Å². The molecule has 2 atom stereocenters. The Kier molecular flexibility index (Phi) is 13.6. The summed E-state index contributed by atoms with van der Waals surface area (Å²) in [6, 6.07) is 0. The Bertz CT molecular complexity index is 188. The van der Waals surface area contributed by atoms with Crippen molar-refractivity contribution in [1.82, 2.24) is 0 Å². The molecular formula is C20H42O. The van der Waals surface area contributed by atoms with E-state index in [1.54, 1.807) is 0 Å². The van der Waals surface area contributed by atoms with Crippen LogP contribution in [0.15, 0.2) is 0 Å². The zero-order valence-electron chi connectivity index (χ0n) is 15.8. The summed E-state index contributed by atoms with van der Waals surface area (Å²) in [5, 5.41) is 0. The molecule has 0 aromatic carbocycles. The standard InChI is InChI=1S/C20H42O/c1-7-9-11-13-15-19(17(3)4)21-20(18(5)6)16-14-12-10-8-2/h17-20H,7-16H2,1-6H3. The van der Waals surface area contributed by atoms with E-state index in [1.165, 1.54) is 64.2 Å². The average molecular weight is 299 g/mol. The normalized spacial score (nSPS) is 14.9. The van der Waals surface area contributed by atoms with Crippen molar-refractivity contribution in [3.8, 4) is 0 Å². The molecule has 0 radical (unpaired) electrons. The van der Waals surface area contributed by atoms with E-state index >= 15 is 0 Å². The molecular weight excluding hydrogens is 256 g/mol. The molecule has 0 aromatic rings. The number of hydrogen-bond donors (Lipinski definition) is 0. The van der Waals surface area contributed by atoms with E-state index in [4.69, 9.17) is 4.74 Å². The van der Waals surface area contributed by atoms with Gasteiger partial charge in [-0.3, -0.25) is 0 Å². The van der Waals surface area contributed by atoms with Gasteiger partial charge in [-0.05, 0) is 24.7 Å². The van der Waals surface area contributed by atoms with E-state index in [1.807, 2.05) is 0 Å². The van der Waals surface area contributed by atoms with Gasteiger partial charge in [0.25, 0.3) is 0 Å². The van der Waals surface area contributed by atoms with Crippen LogP contribution in [0.2, 0.25) is 0 Å². The Labute approximate surface area is 135 Å². The Hall–Kier alpha value is -0.0400. The van der Waals surface area contributed by atoms with Gasteiger partial charge in [-0.1, -0.05) is 92.9 Å². The minimum Gasteiger partial charge on any atom is -0.374 e. The van der Waals surface area contributed by atoms with Gasteiger partial charge in [0.05, 0.1) is 12.2 Å². The largest absolute Gasteiger partial charge is 0.374 e. The highest BCUT2D eigenvalue weighted by atomic mass is 16.5. The maximum atomic E-state index is 6.53. The van der Waals surface area contributed by atoms with Crippen LogP contribution in [-0.2, 0) is 4.74 Å². The quantitative estimate of drug-likeness (QED) is 0.314. The zero-order chi connectivity index (χ0) is 16.1. The van der Waals surface area contributed by atoms with E-state index in [0.29, 0.717) is 24.0 Å². The van der Waals surface area contributed by atoms with Gasteiger partial charge >= 0.3 is 0 Å². The molecule has 0 amide bonds. The second-order valence-electron chi connectivity index (χ2n) is 7.40. The summed E-state index contributed by atoms with van der Waals surface area (Å²) in [4.78, 5) is 0. The molecule has 0 N–H and O–H groups in total. The molecule has 0 aliphatic rings. The molecule has 0 rings (SSSR count). The van der Waals surface area contributed by atoms with Crippen LogP contribution in [0, 0.1) is 11.8 Å². The highest BCUT2D eigenvalue weighted by Gasteiger charge is 2.21. The Morgan fingerprint density at radius 2 is 0.952 bits per heavy atom. The van der Waals surface area contributed by atoms with E-state index < -0.39 is 0 Å². The molecule has 0 heterocycles. The second kappa shape index (κ2) is 13.6. The lowest BCUT2D eigenvalue weighted by Gasteiger charge is -2.30. The van der Waals surface area contributed by atoms with Crippen molar-refractivity contribution >= 4 is 0 Å². The fourth-order valence-electron chi connectivity index (χ4n) is 2.89. The van der Waals surface area contributed by atoms with E-state index in [0.717, 1.165) is 0 Å². The molecule has 0 aliphatic carbocycles. The van der Waals surface area contributed by atoms with Gasteiger partial charge in [0.1, 0.15) is 0 Å². The highest BCUT2D eigenvalue weighted by Crippen LogP contribution is 2.23. The van der Waals surface area contributed by atoms with Gasteiger partial charge in [0.15, 0.2) is 0 Å². The molecule has 21 heavy (non-hydrogen) atoms. The van der Waals surface area contributed by atoms with Crippen LogP contribution in [0.4, 0.5) is 0 Å². The fourth-order valence-corrected chi connectivity index (χ4v) is 2.89. The van der Waals surface area contributed by atoms with Crippen molar-refractivity contribution in [2.75, 3.05) is 0 Å². The van der Waals surface area contributed by atoms with Gasteiger partial charge in [-0.2, -0.15) is 0 Å². The first kappa shape index (κ1) is 21.0. The summed E-state index contributed by atoms with van der Waals surface area (Å²) >= 11 is 0. The molecule has 0 aromatic heterocycles. The Morgan fingerprint density at radius 1 is 0.571 bits per heavy atom. The Balaban J connectivity index is 4.19. The maximum Gasteiger partial charge on any atom is 0.0601 e. The summed E-state index contributed by atoms with van der Waals surface area (Å²) in [6.45, 7) is 13.8. The Morgan fingerprint density at radius 3 is 1.24 bits per heavy atom. The van der Waals surface area contributed by atoms with Crippen LogP contribution >= 0.6 is 0 Å². The highest BCUT2D eigenvalue weighted by molar-refractivity contribution is 4.70. The zero-order valence-corrected chi connectivity index (χ0v) is 15.8. The van der Waals surface area contributed by atoms with E-state index in [2.05, 4.69) is 41.5 Å². The van der Waals surface area contributed by atoms with Crippen molar-refractivity contribution < 1.29 is 4.74 Å². The van der Waals surface area contributed by atoms with E-state index in [9.17, 15) is 0 Å². The predicted octanol–water partition coefficient (Wildman–Crippen LogP) is 6.99. The molecule has 1 nitrogen and oxygen atoms in total. The molecule has 0 saturated heterocycles. The van der Waals surface area contributed by atoms with Crippen LogP contribution in [0.1, 0.15) is 106 Å². The lowest BCUT2D eigenvalue weighted by Crippen LogP contribution is -2.30. The third-order valence-corrected chi connectivity index (χ3v) is 4.52. The molecule has 0 bridgehead atoms. The van der Waals surface area contributed by atoms with Crippen LogP contribution in [0.25, 0.3) is 0 Å². The fraction of sp³-hybridized carbons (Fsp3) is 1.00. The predicted molar refractivity (Wildman–Crippen MR) is 95.9 cm³/mol. The van der Waals surface area contributed by atoms with Crippen LogP contribution < -0.4 is 0 Å². The molecule has 0 saturated carbocycles. The van der Waals surface area contributed by atoms with Crippen molar-refractivity contribution in [2.24, 2.45) is 11.8 Å². The average Bonchev–Trinajstić information content (AvgIpc) is 2.44. The van der Waals surface area contributed by atoms with Crippen LogP contribution in [0.3, 0.4) is 0 Å². The summed E-state index contributed by atoms with van der Waals surface area (Å²) in [7, 11) is 0. The number of ether oxygens (including phenoxy) is 1. The van der Waals surface area contributed by atoms with E-state index in [-0.39, 0.29) is 0 Å². The third-order valence-electron chi connectivity index (χ3n) is 4.52. The van der Waals surface area contributed by atoms with Crippen molar-refractivity contribution in [3.63, 3.8) is 0 Å². The molecule has 1 heteroatoms. The summed E-state index contributed by atoms with van der Waals surface area (Å²) < 4.78 is 6.53. The summed E-state index contributed by atoms with van der Waals surface area (Å²) in [6.07, 6.45) is 14.2. The van der Waals surface area contributed by atoms with Gasteiger partial charge in [0, 0.05) is 0 Å². The third kappa shape index (κ3) is 11.2. The lowest BCUT2D eigenvalue weighted by molar-refractivity contribution is -0.0650. The van der Waals surface area contributed by atoms with Gasteiger partial charge in [-0.15, -0.1) is 0 Å². The van der Waals surface area contributed by atoms with Crippen LogP contribution in [-0.4, -0.2) is 12.2 Å². The topological polar surface area (TPSA) is 9.23 Å². The van der Waals surface area contributed by atoms with Crippen molar-refractivity contribution in [3.05, 3.63) is 0 Å². The van der Waals surface area contributed by atoms with Gasteiger partial charge < -0.3 is 4.74 Å². The van der Waals surface area contributed by atoms with Gasteiger partial charge in [-0.25, -0.2) is 0 Å². The molecule has 0 fully saturated rings. The maximum absolute atomic E-state index is 6.53. The number of hydrogen-bond acceptors (Lipinski definition) is 1. The first-order valence-electron chi connectivity index (χ1n) is 9.68. The minimum atomic E-state index is 0.459. The number of rotatable bonds is 14. The van der Waals surface area contributed by atoms with Crippen LogP contribution in [0.5, 0.6) is 0 Å². The smallest absolute Gasteiger partial charge is 0.0601 e. The molecule has 2 unspecified atom stereocenters. The minimum absolute atomic E-state index is 0.459. The molecule has 0 spiro atoms. The second-order valence-corrected chi connectivity index (χ2v) is 7.40. The molecule has 128 valence electrons. The monoisotopic (exact) mass is 298 g/mol.